The molecule has 0 fully saturated rings. The monoisotopic (exact) mass is 309 g/mol. The molecule has 1 aromatic carbocycles. The number of nitrogens with one attached hydrogen (secondary N) is 1. The van der Waals surface area contributed by atoms with Gasteiger partial charge in [0.1, 0.15) is 23.6 Å². The van der Waals surface area contributed by atoms with E-state index in [0.717, 1.165) is 5.75 Å². The van der Waals surface area contributed by atoms with Gasteiger partial charge >= 0.3 is 0 Å². The van der Waals surface area contributed by atoms with Gasteiger partial charge in [-0.05, 0) is 24.3 Å². The van der Waals surface area contributed by atoms with Crippen LogP contribution in [0.2, 0.25) is 0 Å². The Bertz CT molecular complexity index is 875. The third-order valence-corrected chi connectivity index (χ3v) is 3.26. The van der Waals surface area contributed by atoms with E-state index in [1.54, 1.807) is 24.4 Å². The highest BCUT2D eigenvalue weighted by atomic mass is 16.5. The van der Waals surface area contributed by atoms with Gasteiger partial charge in [-0.25, -0.2) is 4.98 Å². The molecule has 2 heterocycles. The van der Waals surface area contributed by atoms with Crippen LogP contribution in [0.1, 0.15) is 10.4 Å². The molecule has 3 aromatic rings. The average molecular weight is 309 g/mol. The summed E-state index contributed by atoms with van der Waals surface area (Å²) in [4.78, 5) is 28.5. The number of nitrogens with zero attached hydrogens (tertiary/aromatic N) is 2. The van der Waals surface area contributed by atoms with E-state index >= 15 is 0 Å². The molecule has 6 nitrogen and oxygen atoms in total. The Morgan fingerprint density at radius 1 is 1.13 bits per heavy atom. The van der Waals surface area contributed by atoms with Crippen LogP contribution >= 0.6 is 0 Å². The number of ether oxygens (including phenoxy) is 1. The van der Waals surface area contributed by atoms with Crippen LogP contribution in [0.3, 0.4) is 0 Å². The van der Waals surface area contributed by atoms with Crippen molar-refractivity contribution in [1.82, 2.24) is 14.7 Å². The maximum Gasteiger partial charge on any atom is 0.270 e. The highest BCUT2D eigenvalue weighted by molar-refractivity contribution is 5.93. The van der Waals surface area contributed by atoms with Gasteiger partial charge < -0.3 is 10.1 Å². The lowest BCUT2D eigenvalue weighted by Crippen LogP contribution is -2.33. The molecular weight excluding hydrogens is 294 g/mol. The predicted molar refractivity (Wildman–Crippen MR) is 85.7 cm³/mol. The molecule has 6 heteroatoms. The molecule has 0 aliphatic carbocycles. The van der Waals surface area contributed by atoms with Gasteiger partial charge in [0.25, 0.3) is 11.5 Å². The highest BCUT2D eigenvalue weighted by Gasteiger charge is 2.12. The lowest BCUT2D eigenvalue weighted by molar-refractivity contribution is 0.0945. The fourth-order valence-electron chi connectivity index (χ4n) is 2.13. The molecule has 0 atom stereocenters. The molecule has 0 aliphatic heterocycles. The van der Waals surface area contributed by atoms with Gasteiger partial charge in [0, 0.05) is 12.4 Å². The molecule has 2 aromatic heterocycles. The van der Waals surface area contributed by atoms with E-state index in [1.807, 2.05) is 30.3 Å². The molecular formula is C17H15N3O3. The molecule has 0 radical (unpaired) electrons. The maximum absolute atomic E-state index is 12.3. The fourth-order valence-corrected chi connectivity index (χ4v) is 2.13. The lowest BCUT2D eigenvalue weighted by atomic mass is 10.3. The van der Waals surface area contributed by atoms with Crippen molar-refractivity contribution in [3.8, 4) is 5.75 Å². The smallest absolute Gasteiger partial charge is 0.270 e. The third kappa shape index (κ3) is 3.37. The second-order valence-corrected chi connectivity index (χ2v) is 4.82. The quantitative estimate of drug-likeness (QED) is 0.725. The van der Waals surface area contributed by atoms with Gasteiger partial charge in [-0.1, -0.05) is 24.3 Å². The van der Waals surface area contributed by atoms with Gasteiger partial charge in [0.15, 0.2) is 0 Å². The molecule has 0 bridgehead atoms. The van der Waals surface area contributed by atoms with Crippen molar-refractivity contribution in [2.24, 2.45) is 0 Å². The highest BCUT2D eigenvalue weighted by Crippen LogP contribution is 2.07. The molecule has 1 N–H and O–H groups in total. The summed E-state index contributed by atoms with van der Waals surface area (Å²) in [5.41, 5.74) is 0.118. The molecule has 3 rings (SSSR count). The molecule has 116 valence electrons. The number of rotatable bonds is 5. The van der Waals surface area contributed by atoms with Gasteiger partial charge in [0.05, 0.1) is 6.54 Å². The summed E-state index contributed by atoms with van der Waals surface area (Å²) in [5.74, 6) is 0.270. The minimum absolute atomic E-state index is 0.00779. The van der Waals surface area contributed by atoms with E-state index in [-0.39, 0.29) is 5.56 Å². The Morgan fingerprint density at radius 2 is 1.91 bits per heavy atom. The molecule has 0 spiro atoms. The molecule has 23 heavy (non-hydrogen) atoms. The number of amides is 1. The van der Waals surface area contributed by atoms with Crippen LogP contribution in [-0.2, 0) is 0 Å². The first kappa shape index (κ1) is 14.8. The first-order valence-electron chi connectivity index (χ1n) is 7.18. The zero-order valence-electron chi connectivity index (χ0n) is 12.3. The first-order valence-corrected chi connectivity index (χ1v) is 7.18. The SMILES string of the molecule is O=C(NCCOc1ccccc1)c1cnc2ccccn2c1=O. The number of fused-ring (bicyclic) bond motifs is 1. The minimum Gasteiger partial charge on any atom is -0.492 e. The van der Waals surface area contributed by atoms with Gasteiger partial charge in [-0.15, -0.1) is 0 Å². The van der Waals surface area contributed by atoms with Crippen LogP contribution < -0.4 is 15.6 Å². The van der Waals surface area contributed by atoms with Crippen molar-refractivity contribution in [1.29, 1.82) is 0 Å². The van der Waals surface area contributed by atoms with E-state index in [9.17, 15) is 9.59 Å². The van der Waals surface area contributed by atoms with Crippen LogP contribution in [0, 0.1) is 0 Å². The molecule has 0 saturated heterocycles. The second kappa shape index (κ2) is 6.74. The number of hydrogen-bond donors (Lipinski definition) is 1. The van der Waals surface area contributed by atoms with E-state index < -0.39 is 11.5 Å². The summed E-state index contributed by atoms with van der Waals surface area (Å²) < 4.78 is 6.82. The Balaban J connectivity index is 1.62. The van der Waals surface area contributed by atoms with Crippen LogP contribution in [-0.4, -0.2) is 28.4 Å². The zero-order chi connectivity index (χ0) is 16.1. The summed E-state index contributed by atoms with van der Waals surface area (Å²) in [6.07, 6.45) is 2.88. The molecule has 0 saturated carbocycles. The Kier molecular flexibility index (Phi) is 4.33. The number of para-hydroxylation sites is 1. The maximum atomic E-state index is 12.3. The summed E-state index contributed by atoms with van der Waals surface area (Å²) in [6.45, 7) is 0.614. The number of carbonyl (C=O) groups excluding carboxylic acids is 1. The predicted octanol–water partition coefficient (Wildman–Crippen LogP) is 1.50. The number of pyridine rings is 1. The van der Waals surface area contributed by atoms with E-state index in [2.05, 4.69) is 10.3 Å². The van der Waals surface area contributed by atoms with Gasteiger partial charge in [0.2, 0.25) is 0 Å². The van der Waals surface area contributed by atoms with Crippen LogP contribution in [0.4, 0.5) is 0 Å². The molecule has 1 amide bonds. The largest absolute Gasteiger partial charge is 0.492 e. The Hall–Kier alpha value is -3.15. The number of aromatic nitrogens is 2. The van der Waals surface area contributed by atoms with Gasteiger partial charge in [-0.2, -0.15) is 0 Å². The van der Waals surface area contributed by atoms with Crippen molar-refractivity contribution in [2.75, 3.05) is 13.2 Å². The standard InChI is InChI=1S/C17H15N3O3/c21-16(18-9-11-23-13-6-2-1-3-7-13)14-12-19-15-8-4-5-10-20(15)17(14)22/h1-8,10,12H,9,11H2,(H,18,21). The van der Waals surface area contributed by atoms with Crippen molar-refractivity contribution >= 4 is 11.6 Å². The topological polar surface area (TPSA) is 72.7 Å². The second-order valence-electron chi connectivity index (χ2n) is 4.82. The van der Waals surface area contributed by atoms with Crippen molar-refractivity contribution in [2.45, 2.75) is 0 Å². The third-order valence-electron chi connectivity index (χ3n) is 3.26. The van der Waals surface area contributed by atoms with Crippen LogP contribution in [0.15, 0.2) is 65.7 Å². The van der Waals surface area contributed by atoms with Crippen LogP contribution in [0.5, 0.6) is 5.75 Å². The number of benzene rings is 1. The summed E-state index contributed by atoms with van der Waals surface area (Å²) in [5, 5.41) is 2.66. The fraction of sp³-hybridized carbons (Fsp3) is 0.118. The molecule has 0 unspecified atom stereocenters. The summed E-state index contributed by atoms with van der Waals surface area (Å²) >= 11 is 0. The van der Waals surface area contributed by atoms with Gasteiger partial charge in [-0.3, -0.25) is 14.0 Å². The summed E-state index contributed by atoms with van der Waals surface area (Å²) in [6, 6.07) is 14.5. The van der Waals surface area contributed by atoms with Crippen molar-refractivity contribution in [3.63, 3.8) is 0 Å². The first-order chi connectivity index (χ1) is 11.3. The lowest BCUT2D eigenvalue weighted by Gasteiger charge is -2.08. The molecule has 0 aliphatic rings. The average Bonchev–Trinajstić information content (AvgIpc) is 2.60. The van der Waals surface area contributed by atoms with Crippen LogP contribution in [0.25, 0.3) is 5.65 Å². The van der Waals surface area contributed by atoms with E-state index in [1.165, 1.54) is 10.6 Å². The Labute approximate surface area is 132 Å². The van der Waals surface area contributed by atoms with Crippen molar-refractivity contribution < 1.29 is 9.53 Å². The number of hydrogen-bond acceptors (Lipinski definition) is 4. The number of carbonyl (C=O) groups is 1. The van der Waals surface area contributed by atoms with E-state index in [0.29, 0.717) is 18.8 Å². The van der Waals surface area contributed by atoms with E-state index in [4.69, 9.17) is 4.74 Å². The zero-order valence-corrected chi connectivity index (χ0v) is 12.3. The van der Waals surface area contributed by atoms with Crippen molar-refractivity contribution in [3.05, 3.63) is 76.8 Å². The normalized spacial score (nSPS) is 10.4. The summed E-state index contributed by atoms with van der Waals surface area (Å²) in [7, 11) is 0. The minimum atomic E-state index is -0.461. The Morgan fingerprint density at radius 3 is 2.74 bits per heavy atom.